The van der Waals surface area contributed by atoms with Crippen LogP contribution in [-0.4, -0.2) is 65.5 Å². The van der Waals surface area contributed by atoms with E-state index in [0.29, 0.717) is 32.5 Å². The minimum Gasteiger partial charge on any atom is -0.372 e. The van der Waals surface area contributed by atoms with Crippen LogP contribution in [0.1, 0.15) is 19.8 Å². The van der Waals surface area contributed by atoms with Crippen LogP contribution in [0.4, 0.5) is 0 Å². The Balaban J connectivity index is 1.98. The summed E-state index contributed by atoms with van der Waals surface area (Å²) in [5.74, 6) is -0.0913. The lowest BCUT2D eigenvalue weighted by molar-refractivity contribution is -0.136. The molecule has 0 bridgehead atoms. The van der Waals surface area contributed by atoms with E-state index in [-0.39, 0.29) is 17.7 Å². The Labute approximate surface area is 124 Å². The summed E-state index contributed by atoms with van der Waals surface area (Å²) in [4.78, 5) is 13.5. The number of amides is 1. The van der Waals surface area contributed by atoms with E-state index >= 15 is 0 Å². The van der Waals surface area contributed by atoms with Crippen LogP contribution in [0.3, 0.4) is 0 Å². The van der Waals surface area contributed by atoms with Crippen LogP contribution in [0.2, 0.25) is 0 Å². The summed E-state index contributed by atoms with van der Waals surface area (Å²) >= 11 is 0. The molecule has 1 aromatic rings. The zero-order chi connectivity index (χ0) is 15.5. The average molecular weight is 316 g/mol. The molecule has 1 saturated heterocycles. The highest BCUT2D eigenvalue weighted by atomic mass is 32.2. The zero-order valence-electron chi connectivity index (χ0n) is 12.2. The number of hydrogen-bond donors (Lipinski definition) is 0. The average Bonchev–Trinajstić information content (AvgIpc) is 2.92. The number of ether oxygens (including phenoxy) is 1. The fourth-order valence-electron chi connectivity index (χ4n) is 2.38. The van der Waals surface area contributed by atoms with Gasteiger partial charge < -0.3 is 14.2 Å². The van der Waals surface area contributed by atoms with Crippen LogP contribution in [0.15, 0.2) is 11.5 Å². The molecule has 0 aromatic carbocycles. The molecular formula is C12H20N4O4S. The highest BCUT2D eigenvalue weighted by Gasteiger charge is 2.35. The van der Waals surface area contributed by atoms with Crippen molar-refractivity contribution in [2.24, 2.45) is 7.05 Å². The Kier molecular flexibility index (Phi) is 4.94. The molecule has 0 atom stereocenters. The topological polar surface area (TPSA) is 94.4 Å². The second-order valence-electron chi connectivity index (χ2n) is 4.99. The number of rotatable bonds is 5. The summed E-state index contributed by atoms with van der Waals surface area (Å²) in [5.41, 5.74) is 0. The molecule has 2 rings (SSSR count). The van der Waals surface area contributed by atoms with Crippen LogP contribution < -0.4 is 0 Å². The van der Waals surface area contributed by atoms with E-state index < -0.39 is 15.1 Å². The lowest BCUT2D eigenvalue weighted by atomic mass is 10.1. The summed E-state index contributed by atoms with van der Waals surface area (Å²) in [7, 11) is -1.89. The van der Waals surface area contributed by atoms with Gasteiger partial charge in [-0.25, -0.2) is 8.42 Å². The predicted molar refractivity (Wildman–Crippen MR) is 74.3 cm³/mol. The number of piperidine rings is 1. The fourth-order valence-corrected chi connectivity index (χ4v) is 4.11. The predicted octanol–water partition coefficient (Wildman–Crippen LogP) is -0.384. The van der Waals surface area contributed by atoms with Gasteiger partial charge in [0.2, 0.25) is 20.9 Å². The second kappa shape index (κ2) is 6.52. The molecule has 0 spiro atoms. The van der Waals surface area contributed by atoms with E-state index in [2.05, 4.69) is 10.2 Å². The van der Waals surface area contributed by atoms with Gasteiger partial charge in [0.1, 0.15) is 12.9 Å². The molecule has 1 amide bonds. The van der Waals surface area contributed by atoms with Crippen molar-refractivity contribution >= 4 is 15.7 Å². The van der Waals surface area contributed by atoms with E-state index in [0.717, 1.165) is 0 Å². The Morgan fingerprint density at radius 1 is 1.43 bits per heavy atom. The molecule has 8 nitrogen and oxygen atoms in total. The first-order valence-corrected chi connectivity index (χ1v) is 8.44. The van der Waals surface area contributed by atoms with Gasteiger partial charge in [0.05, 0.1) is 5.25 Å². The minimum absolute atomic E-state index is 0.0124. The number of carbonyl (C=O) groups is 1. The van der Waals surface area contributed by atoms with Gasteiger partial charge in [-0.2, -0.15) is 0 Å². The van der Waals surface area contributed by atoms with E-state index in [1.807, 2.05) is 6.92 Å². The van der Waals surface area contributed by atoms with Crippen LogP contribution in [-0.2, 0) is 26.4 Å². The summed E-state index contributed by atoms with van der Waals surface area (Å²) in [6.45, 7) is 3.22. The summed E-state index contributed by atoms with van der Waals surface area (Å²) < 4.78 is 31.4. The summed E-state index contributed by atoms with van der Waals surface area (Å²) in [6, 6.07) is 0. The number of aryl methyl sites for hydroxylation is 1. The molecule has 0 saturated carbocycles. The van der Waals surface area contributed by atoms with Crippen molar-refractivity contribution in [1.82, 2.24) is 19.7 Å². The second-order valence-corrected chi connectivity index (χ2v) is 7.11. The molecule has 118 valence electrons. The molecule has 0 aliphatic carbocycles. The maximum atomic E-state index is 12.5. The van der Waals surface area contributed by atoms with Crippen molar-refractivity contribution in [3.63, 3.8) is 0 Å². The molecule has 1 aliphatic rings. The van der Waals surface area contributed by atoms with E-state index in [9.17, 15) is 13.2 Å². The van der Waals surface area contributed by atoms with Crippen molar-refractivity contribution in [3.05, 3.63) is 6.33 Å². The number of likely N-dealkylation sites (tertiary alicyclic amines) is 1. The zero-order valence-corrected chi connectivity index (χ0v) is 13.0. The maximum Gasteiger partial charge on any atom is 0.249 e. The van der Waals surface area contributed by atoms with E-state index in [1.165, 1.54) is 10.9 Å². The number of hydrogen-bond acceptors (Lipinski definition) is 6. The lowest BCUT2D eigenvalue weighted by Crippen LogP contribution is -2.44. The van der Waals surface area contributed by atoms with Crippen LogP contribution >= 0.6 is 0 Å². The molecular weight excluding hydrogens is 296 g/mol. The molecule has 9 heteroatoms. The third-order valence-electron chi connectivity index (χ3n) is 3.59. The van der Waals surface area contributed by atoms with Crippen molar-refractivity contribution in [2.45, 2.75) is 30.2 Å². The summed E-state index contributed by atoms with van der Waals surface area (Å²) in [6.07, 6.45) is 2.19. The van der Waals surface area contributed by atoms with Gasteiger partial charge in [0, 0.05) is 26.7 Å². The fraction of sp³-hybridized carbons (Fsp3) is 0.750. The quantitative estimate of drug-likeness (QED) is 0.735. The van der Waals surface area contributed by atoms with Crippen molar-refractivity contribution in [3.8, 4) is 0 Å². The lowest BCUT2D eigenvalue weighted by Gasteiger charge is -2.31. The number of aromatic nitrogens is 3. The van der Waals surface area contributed by atoms with Gasteiger partial charge in [0.15, 0.2) is 0 Å². The third-order valence-corrected chi connectivity index (χ3v) is 5.82. The Hall–Kier alpha value is -1.48. The van der Waals surface area contributed by atoms with Gasteiger partial charge in [0.25, 0.3) is 0 Å². The Morgan fingerprint density at radius 2 is 2.10 bits per heavy atom. The molecule has 1 aliphatic heterocycles. The first-order valence-electron chi connectivity index (χ1n) is 6.90. The van der Waals surface area contributed by atoms with Gasteiger partial charge in [-0.1, -0.05) is 0 Å². The van der Waals surface area contributed by atoms with Crippen LogP contribution in [0, 0.1) is 0 Å². The van der Waals surface area contributed by atoms with Gasteiger partial charge >= 0.3 is 0 Å². The molecule has 0 unspecified atom stereocenters. The molecule has 1 fully saturated rings. The number of nitrogens with zero attached hydrogens (tertiary/aromatic N) is 4. The third kappa shape index (κ3) is 3.41. The van der Waals surface area contributed by atoms with E-state index in [1.54, 1.807) is 11.9 Å². The standard InChI is InChI=1S/C12H20N4O4S/c1-3-20-8-11(17)16-6-4-10(5-7-16)21(18,19)12-14-13-9-15(12)2/h9-10H,3-8H2,1-2H3. The molecule has 21 heavy (non-hydrogen) atoms. The molecule has 0 radical (unpaired) electrons. The van der Waals surface area contributed by atoms with Crippen molar-refractivity contribution in [2.75, 3.05) is 26.3 Å². The first-order chi connectivity index (χ1) is 9.96. The van der Waals surface area contributed by atoms with E-state index in [4.69, 9.17) is 4.74 Å². The van der Waals surface area contributed by atoms with Gasteiger partial charge in [-0.05, 0) is 19.8 Å². The Bertz CT molecular complexity index is 590. The normalized spacial score (nSPS) is 17.1. The van der Waals surface area contributed by atoms with Crippen molar-refractivity contribution < 1.29 is 17.9 Å². The van der Waals surface area contributed by atoms with Crippen LogP contribution in [0.25, 0.3) is 0 Å². The number of sulfone groups is 1. The first kappa shape index (κ1) is 15.9. The highest BCUT2D eigenvalue weighted by Crippen LogP contribution is 2.23. The largest absolute Gasteiger partial charge is 0.372 e. The molecule has 0 N–H and O–H groups in total. The highest BCUT2D eigenvalue weighted by molar-refractivity contribution is 7.91. The van der Waals surface area contributed by atoms with Gasteiger partial charge in [-0.15, -0.1) is 10.2 Å². The number of carbonyl (C=O) groups excluding carboxylic acids is 1. The smallest absolute Gasteiger partial charge is 0.249 e. The maximum absolute atomic E-state index is 12.5. The van der Waals surface area contributed by atoms with Crippen molar-refractivity contribution in [1.29, 1.82) is 0 Å². The SMILES string of the molecule is CCOCC(=O)N1CCC(S(=O)(=O)c2nncn2C)CC1. The van der Waals surface area contributed by atoms with Crippen LogP contribution in [0.5, 0.6) is 0 Å². The monoisotopic (exact) mass is 316 g/mol. The molecule has 1 aromatic heterocycles. The minimum atomic E-state index is -3.50. The Morgan fingerprint density at radius 3 is 2.62 bits per heavy atom. The summed E-state index contributed by atoms with van der Waals surface area (Å²) in [5, 5.41) is 6.76. The van der Waals surface area contributed by atoms with Gasteiger partial charge in [-0.3, -0.25) is 4.79 Å². The molecule has 2 heterocycles.